The van der Waals surface area contributed by atoms with Gasteiger partial charge in [0, 0.05) is 12.1 Å². The van der Waals surface area contributed by atoms with Gasteiger partial charge in [0.25, 0.3) is 0 Å². The van der Waals surface area contributed by atoms with Crippen molar-refractivity contribution in [1.82, 2.24) is 4.98 Å². The van der Waals surface area contributed by atoms with E-state index in [0.29, 0.717) is 11.4 Å². The van der Waals surface area contributed by atoms with Gasteiger partial charge in [-0.1, -0.05) is 13.8 Å². The number of nitrogen functional groups attached to an aromatic ring is 1. The predicted octanol–water partition coefficient (Wildman–Crippen LogP) is 1.89. The Morgan fingerprint density at radius 3 is 2.92 bits per heavy atom. The Bertz CT molecular complexity index is 310. The van der Waals surface area contributed by atoms with Crippen molar-refractivity contribution in [3.63, 3.8) is 0 Å². The summed E-state index contributed by atoms with van der Waals surface area (Å²) in [6.45, 7) is 3.86. The minimum Gasteiger partial charge on any atom is -0.397 e. The lowest BCUT2D eigenvalue weighted by Gasteiger charge is -2.07. The number of aromatic nitrogens is 1. The van der Waals surface area contributed by atoms with Crippen LogP contribution in [-0.2, 0) is 0 Å². The van der Waals surface area contributed by atoms with E-state index in [9.17, 15) is 4.79 Å². The summed E-state index contributed by atoms with van der Waals surface area (Å²) < 4.78 is 0. The first kappa shape index (κ1) is 9.71. The highest BCUT2D eigenvalue weighted by Crippen LogP contribution is 2.14. The number of nitrogens with zero attached hydrogens (tertiary/aromatic N) is 1. The van der Waals surface area contributed by atoms with Gasteiger partial charge in [-0.2, -0.15) is 0 Å². The number of Topliss-reactive ketones (excluding diaryl/α,β-unsaturated/α-hetero) is 1. The maximum atomic E-state index is 11.7. The van der Waals surface area contributed by atoms with Gasteiger partial charge in [-0.3, -0.25) is 9.78 Å². The molecular weight excluding hydrogens is 164 g/mol. The molecule has 1 aromatic rings. The number of anilines is 1. The Balaban J connectivity index is 2.95. The summed E-state index contributed by atoms with van der Waals surface area (Å²) >= 11 is 0. The fraction of sp³-hybridized carbons (Fsp3) is 0.400. The molecule has 0 amide bonds. The second-order valence-corrected chi connectivity index (χ2v) is 3.11. The number of hydrogen-bond acceptors (Lipinski definition) is 3. The average molecular weight is 178 g/mol. The lowest BCUT2D eigenvalue weighted by atomic mass is 10.00. The number of carbonyl (C=O) groups is 1. The molecule has 0 fully saturated rings. The van der Waals surface area contributed by atoms with Gasteiger partial charge in [0.1, 0.15) is 5.69 Å². The molecular formula is C10H14N2O. The van der Waals surface area contributed by atoms with E-state index in [4.69, 9.17) is 5.73 Å². The van der Waals surface area contributed by atoms with Crippen LogP contribution in [0.25, 0.3) is 0 Å². The quantitative estimate of drug-likeness (QED) is 0.719. The third-order valence-electron chi connectivity index (χ3n) is 2.13. The molecule has 1 rings (SSSR count). The zero-order valence-electron chi connectivity index (χ0n) is 7.95. The molecule has 0 aliphatic carbocycles. The van der Waals surface area contributed by atoms with Crippen LogP contribution in [0.2, 0.25) is 0 Å². The number of pyridine rings is 1. The monoisotopic (exact) mass is 178 g/mol. The second-order valence-electron chi connectivity index (χ2n) is 3.11. The van der Waals surface area contributed by atoms with Gasteiger partial charge < -0.3 is 5.73 Å². The Hall–Kier alpha value is -1.38. The molecule has 3 heteroatoms. The van der Waals surface area contributed by atoms with Crippen LogP contribution in [-0.4, -0.2) is 10.8 Å². The van der Waals surface area contributed by atoms with Crippen molar-refractivity contribution in [2.24, 2.45) is 5.92 Å². The van der Waals surface area contributed by atoms with Crippen LogP contribution in [0.1, 0.15) is 30.8 Å². The van der Waals surface area contributed by atoms with Gasteiger partial charge >= 0.3 is 0 Å². The van der Waals surface area contributed by atoms with Crippen molar-refractivity contribution in [1.29, 1.82) is 0 Å². The van der Waals surface area contributed by atoms with Crippen LogP contribution in [0.3, 0.4) is 0 Å². The molecule has 70 valence electrons. The minimum absolute atomic E-state index is 0.00259. The number of ketones is 1. The molecule has 0 radical (unpaired) electrons. The average Bonchev–Trinajstić information content (AvgIpc) is 2.16. The highest BCUT2D eigenvalue weighted by Gasteiger charge is 2.16. The lowest BCUT2D eigenvalue weighted by molar-refractivity contribution is 0.0923. The number of hydrogen-bond donors (Lipinski definition) is 1. The second kappa shape index (κ2) is 4.03. The molecule has 1 unspecified atom stereocenters. The molecule has 3 nitrogen and oxygen atoms in total. The summed E-state index contributed by atoms with van der Waals surface area (Å²) in [5.41, 5.74) is 6.50. The van der Waals surface area contributed by atoms with Crippen LogP contribution < -0.4 is 5.73 Å². The van der Waals surface area contributed by atoms with Gasteiger partial charge in [0.15, 0.2) is 5.78 Å². The normalized spacial score (nSPS) is 12.5. The molecule has 1 aromatic heterocycles. The van der Waals surface area contributed by atoms with E-state index in [1.165, 1.54) is 0 Å². The van der Waals surface area contributed by atoms with Crippen LogP contribution in [0.15, 0.2) is 18.3 Å². The van der Waals surface area contributed by atoms with E-state index in [0.717, 1.165) is 6.42 Å². The molecule has 13 heavy (non-hydrogen) atoms. The largest absolute Gasteiger partial charge is 0.397 e. The van der Waals surface area contributed by atoms with Crippen molar-refractivity contribution in [2.45, 2.75) is 20.3 Å². The fourth-order valence-electron chi connectivity index (χ4n) is 1.04. The summed E-state index contributed by atoms with van der Waals surface area (Å²) in [5, 5.41) is 0. The van der Waals surface area contributed by atoms with Crippen LogP contribution in [0, 0.1) is 5.92 Å². The highest BCUT2D eigenvalue weighted by atomic mass is 16.1. The third-order valence-corrected chi connectivity index (χ3v) is 2.13. The zero-order valence-corrected chi connectivity index (χ0v) is 7.95. The topological polar surface area (TPSA) is 56.0 Å². The summed E-state index contributed by atoms with van der Waals surface area (Å²) in [4.78, 5) is 15.6. The van der Waals surface area contributed by atoms with Crippen molar-refractivity contribution in [2.75, 3.05) is 5.73 Å². The van der Waals surface area contributed by atoms with E-state index < -0.39 is 0 Å². The van der Waals surface area contributed by atoms with E-state index in [2.05, 4.69) is 4.98 Å². The van der Waals surface area contributed by atoms with E-state index in [-0.39, 0.29) is 11.7 Å². The van der Waals surface area contributed by atoms with E-state index >= 15 is 0 Å². The van der Waals surface area contributed by atoms with Crippen molar-refractivity contribution < 1.29 is 4.79 Å². The van der Waals surface area contributed by atoms with Crippen molar-refractivity contribution in [3.8, 4) is 0 Å². The molecule has 0 saturated carbocycles. The summed E-state index contributed by atoms with van der Waals surface area (Å²) in [6.07, 6.45) is 2.40. The molecule has 0 saturated heterocycles. The van der Waals surface area contributed by atoms with Crippen LogP contribution in [0.5, 0.6) is 0 Å². The molecule has 1 atom stereocenters. The molecule has 0 aliphatic heterocycles. The lowest BCUT2D eigenvalue weighted by Crippen LogP contribution is -2.14. The SMILES string of the molecule is CCC(C)C(=O)c1ncccc1N. The molecule has 0 spiro atoms. The van der Waals surface area contributed by atoms with E-state index in [1.54, 1.807) is 18.3 Å². The number of carbonyl (C=O) groups excluding carboxylic acids is 1. The third kappa shape index (κ3) is 2.05. The molecule has 2 N–H and O–H groups in total. The number of rotatable bonds is 3. The van der Waals surface area contributed by atoms with Crippen LogP contribution >= 0.6 is 0 Å². The van der Waals surface area contributed by atoms with Crippen LogP contribution in [0.4, 0.5) is 5.69 Å². The minimum atomic E-state index is -0.00259. The van der Waals surface area contributed by atoms with Gasteiger partial charge in [0.05, 0.1) is 5.69 Å². The predicted molar refractivity (Wildman–Crippen MR) is 52.4 cm³/mol. The maximum absolute atomic E-state index is 11.7. The maximum Gasteiger partial charge on any atom is 0.186 e. The summed E-state index contributed by atoms with van der Waals surface area (Å²) in [5.74, 6) is 0.0257. The van der Waals surface area contributed by atoms with Crippen molar-refractivity contribution >= 4 is 11.5 Å². The fourth-order valence-corrected chi connectivity index (χ4v) is 1.04. The Morgan fingerprint density at radius 2 is 2.38 bits per heavy atom. The van der Waals surface area contributed by atoms with Gasteiger partial charge in [-0.25, -0.2) is 0 Å². The summed E-state index contributed by atoms with van der Waals surface area (Å²) in [7, 11) is 0. The summed E-state index contributed by atoms with van der Waals surface area (Å²) in [6, 6.07) is 3.42. The van der Waals surface area contributed by atoms with Gasteiger partial charge in [0.2, 0.25) is 0 Å². The zero-order chi connectivity index (χ0) is 9.84. The first-order valence-electron chi connectivity index (χ1n) is 4.41. The smallest absolute Gasteiger partial charge is 0.186 e. The molecule has 0 aromatic carbocycles. The van der Waals surface area contributed by atoms with Gasteiger partial charge in [-0.15, -0.1) is 0 Å². The van der Waals surface area contributed by atoms with E-state index in [1.807, 2.05) is 13.8 Å². The highest BCUT2D eigenvalue weighted by molar-refractivity contribution is 6.00. The number of nitrogens with two attached hydrogens (primary N) is 1. The Kier molecular flexibility index (Phi) is 3.01. The molecule has 0 bridgehead atoms. The first-order valence-corrected chi connectivity index (χ1v) is 4.41. The Labute approximate surface area is 78.0 Å². The van der Waals surface area contributed by atoms with Crippen molar-refractivity contribution in [3.05, 3.63) is 24.0 Å². The molecule has 0 aliphatic rings. The van der Waals surface area contributed by atoms with Gasteiger partial charge in [-0.05, 0) is 18.6 Å². The first-order chi connectivity index (χ1) is 6.16. The standard InChI is InChI=1S/C10H14N2O/c1-3-7(2)10(13)9-8(11)5-4-6-12-9/h4-7H,3,11H2,1-2H3. The molecule has 1 heterocycles. The Morgan fingerprint density at radius 1 is 1.69 bits per heavy atom.